The van der Waals surface area contributed by atoms with Gasteiger partial charge >= 0.3 is 18.0 Å². The highest BCUT2D eigenvalue weighted by Gasteiger charge is 2.38. The summed E-state index contributed by atoms with van der Waals surface area (Å²) < 4.78 is 52.7. The lowest BCUT2D eigenvalue weighted by molar-refractivity contribution is -0.207. The Kier molecular flexibility index (Phi) is 6.42. The van der Waals surface area contributed by atoms with Crippen LogP contribution in [0.2, 0.25) is 0 Å². The lowest BCUT2D eigenvalue weighted by Crippen LogP contribution is -2.39. The van der Waals surface area contributed by atoms with Gasteiger partial charge < -0.3 is 18.8 Å². The monoisotopic (exact) mass is 455 g/mol. The number of rotatable bonds is 5. The number of carbonyl (C=O) groups excluding carboxylic acids is 2. The van der Waals surface area contributed by atoms with E-state index in [4.69, 9.17) is 14.3 Å². The van der Waals surface area contributed by atoms with Crippen LogP contribution < -0.4 is 0 Å². The Labute approximate surface area is 180 Å². The van der Waals surface area contributed by atoms with Gasteiger partial charge in [0.2, 0.25) is 5.82 Å². The van der Waals surface area contributed by atoms with Crippen LogP contribution in [-0.4, -0.2) is 53.5 Å². The van der Waals surface area contributed by atoms with Gasteiger partial charge in [0, 0.05) is 18.8 Å². The van der Waals surface area contributed by atoms with Crippen LogP contribution in [0, 0.1) is 11.8 Å². The highest BCUT2D eigenvalue weighted by molar-refractivity contribution is 5.81. The van der Waals surface area contributed by atoms with Crippen LogP contribution in [-0.2, 0) is 36.6 Å². The first-order valence-electron chi connectivity index (χ1n) is 10.00. The molecule has 2 saturated heterocycles. The number of amides is 1. The van der Waals surface area contributed by atoms with E-state index in [1.54, 1.807) is 12.1 Å². The Morgan fingerprint density at radius 1 is 1.06 bits per heavy atom. The van der Waals surface area contributed by atoms with Crippen LogP contribution in [0.4, 0.5) is 13.2 Å². The molecule has 1 aromatic heterocycles. The largest absolute Gasteiger partial charge is 0.471 e. The van der Waals surface area contributed by atoms with E-state index < -0.39 is 29.9 Å². The number of halogens is 3. The van der Waals surface area contributed by atoms with Crippen LogP contribution in [0.1, 0.15) is 24.3 Å². The highest BCUT2D eigenvalue weighted by atomic mass is 19.4. The fourth-order valence-electron chi connectivity index (χ4n) is 3.37. The summed E-state index contributed by atoms with van der Waals surface area (Å²) >= 11 is 0. The molecule has 2 aliphatic rings. The van der Waals surface area contributed by atoms with Gasteiger partial charge in [0.25, 0.3) is 5.91 Å². The third kappa shape index (κ3) is 5.07. The second-order valence-corrected chi connectivity index (χ2v) is 7.52. The first kappa shape index (κ1) is 22.2. The predicted octanol–water partition coefficient (Wildman–Crippen LogP) is 2.62. The van der Waals surface area contributed by atoms with Gasteiger partial charge in [-0.25, -0.2) is 4.79 Å². The van der Waals surface area contributed by atoms with Gasteiger partial charge in [0.15, 0.2) is 0 Å². The Hall–Kier alpha value is -2.99. The van der Waals surface area contributed by atoms with Crippen LogP contribution >= 0.6 is 0 Å². The molecule has 32 heavy (non-hydrogen) atoms. The van der Waals surface area contributed by atoms with E-state index in [2.05, 4.69) is 14.7 Å². The van der Waals surface area contributed by atoms with E-state index in [1.807, 2.05) is 0 Å². The van der Waals surface area contributed by atoms with Crippen molar-refractivity contribution in [2.75, 3.05) is 26.4 Å². The van der Waals surface area contributed by atoms with Crippen LogP contribution in [0.5, 0.6) is 0 Å². The van der Waals surface area contributed by atoms with Crippen molar-refractivity contribution in [3.05, 3.63) is 35.7 Å². The summed E-state index contributed by atoms with van der Waals surface area (Å²) in [5.41, 5.74) is 0.895. The predicted molar refractivity (Wildman–Crippen MR) is 99.2 cm³/mol. The smallest absolute Gasteiger partial charge is 0.381 e. The molecular weight excluding hydrogens is 435 g/mol. The van der Waals surface area contributed by atoms with Gasteiger partial charge in [-0.05, 0) is 18.4 Å². The van der Waals surface area contributed by atoms with E-state index in [9.17, 15) is 22.8 Å². The molecule has 1 aromatic carbocycles. The van der Waals surface area contributed by atoms with Crippen molar-refractivity contribution in [3.8, 4) is 11.4 Å². The van der Waals surface area contributed by atoms with Crippen molar-refractivity contribution in [1.29, 1.82) is 0 Å². The lowest BCUT2D eigenvalue weighted by Gasteiger charge is -2.24. The van der Waals surface area contributed by atoms with E-state index >= 15 is 0 Å². The minimum atomic E-state index is -4.73. The molecule has 2 atom stereocenters. The summed E-state index contributed by atoms with van der Waals surface area (Å²) in [4.78, 5) is 34.1. The van der Waals surface area contributed by atoms with Crippen LogP contribution in [0.25, 0.3) is 11.4 Å². The molecule has 2 unspecified atom stereocenters. The number of benzene rings is 1. The fourth-order valence-corrected chi connectivity index (χ4v) is 3.37. The van der Waals surface area contributed by atoms with Gasteiger partial charge in [0.05, 0.1) is 31.6 Å². The molecule has 0 N–H and O–H groups in total. The minimum Gasteiger partial charge on any atom is -0.381 e. The number of aromatic nitrogens is 2. The molecule has 0 aliphatic carbocycles. The third-order valence-electron chi connectivity index (χ3n) is 5.19. The van der Waals surface area contributed by atoms with E-state index in [-0.39, 0.29) is 31.5 Å². The Bertz CT molecular complexity index is 950. The normalized spacial score (nSPS) is 21.0. The lowest BCUT2D eigenvalue weighted by atomic mass is 10.1. The van der Waals surface area contributed by atoms with Gasteiger partial charge in [-0.3, -0.25) is 4.79 Å². The van der Waals surface area contributed by atoms with E-state index in [1.165, 1.54) is 12.1 Å². The average Bonchev–Trinajstić information content (AvgIpc) is 3.55. The van der Waals surface area contributed by atoms with Crippen molar-refractivity contribution in [1.82, 2.24) is 15.2 Å². The Morgan fingerprint density at radius 2 is 1.72 bits per heavy atom. The van der Waals surface area contributed by atoms with Crippen molar-refractivity contribution in [2.24, 2.45) is 11.8 Å². The summed E-state index contributed by atoms with van der Waals surface area (Å²) in [6.07, 6.45) is -3.69. The number of alkyl halides is 3. The SMILES string of the molecule is O=C(ON(Cc1ccc(-c2noc(C(F)(F)F)n2)cc1)C(=O)C1CCOC1)C1CCOC1. The van der Waals surface area contributed by atoms with E-state index in [0.717, 1.165) is 5.06 Å². The number of hydrogen-bond acceptors (Lipinski definition) is 8. The molecular formula is C20H20F3N3O6. The number of nitrogens with zero attached hydrogens (tertiary/aromatic N) is 3. The molecule has 2 aliphatic heterocycles. The number of hydroxylamine groups is 2. The van der Waals surface area contributed by atoms with Crippen molar-refractivity contribution < 1.29 is 41.6 Å². The average molecular weight is 455 g/mol. The summed E-state index contributed by atoms with van der Waals surface area (Å²) in [7, 11) is 0. The second kappa shape index (κ2) is 9.25. The topological polar surface area (TPSA) is 104 Å². The molecule has 12 heteroatoms. The zero-order chi connectivity index (χ0) is 22.7. The molecule has 3 heterocycles. The molecule has 4 rings (SSSR count). The van der Waals surface area contributed by atoms with E-state index in [0.29, 0.717) is 37.2 Å². The Morgan fingerprint density at radius 3 is 2.28 bits per heavy atom. The highest BCUT2D eigenvalue weighted by Crippen LogP contribution is 2.29. The van der Waals surface area contributed by atoms with Crippen molar-refractivity contribution in [3.63, 3.8) is 0 Å². The minimum absolute atomic E-state index is 0.0328. The Balaban J connectivity index is 1.47. The zero-order valence-electron chi connectivity index (χ0n) is 16.8. The molecule has 0 saturated carbocycles. The standard InChI is InChI=1S/C20H20F3N3O6/c21-20(22,23)19-24-16(25-31-19)13-3-1-12(2-4-13)9-26(17(27)14-5-7-29-10-14)32-18(28)15-6-8-30-11-15/h1-4,14-15H,5-11H2. The molecule has 0 radical (unpaired) electrons. The molecule has 9 nitrogen and oxygen atoms in total. The van der Waals surface area contributed by atoms with Crippen molar-refractivity contribution in [2.45, 2.75) is 25.6 Å². The maximum Gasteiger partial charge on any atom is 0.471 e. The van der Waals surface area contributed by atoms with Crippen molar-refractivity contribution >= 4 is 11.9 Å². The van der Waals surface area contributed by atoms with Crippen LogP contribution in [0.15, 0.2) is 28.8 Å². The number of hydrogen-bond donors (Lipinski definition) is 0. The molecule has 1 amide bonds. The summed E-state index contributed by atoms with van der Waals surface area (Å²) in [5.74, 6) is -3.41. The molecule has 2 fully saturated rings. The molecule has 0 spiro atoms. The van der Waals surface area contributed by atoms with Gasteiger partial charge in [0.1, 0.15) is 0 Å². The first-order chi connectivity index (χ1) is 15.3. The maximum atomic E-state index is 12.9. The fraction of sp³-hybridized carbons (Fsp3) is 0.500. The summed E-state index contributed by atoms with van der Waals surface area (Å²) in [6.45, 7) is 1.37. The number of ether oxygens (including phenoxy) is 2. The quantitative estimate of drug-likeness (QED) is 0.634. The first-order valence-corrected chi connectivity index (χ1v) is 10.00. The summed E-state index contributed by atoms with van der Waals surface area (Å²) in [6, 6.07) is 6.15. The second-order valence-electron chi connectivity index (χ2n) is 7.52. The third-order valence-corrected chi connectivity index (χ3v) is 5.19. The molecule has 172 valence electrons. The van der Waals surface area contributed by atoms with Gasteiger partial charge in [-0.1, -0.05) is 29.4 Å². The zero-order valence-corrected chi connectivity index (χ0v) is 16.8. The van der Waals surface area contributed by atoms with Gasteiger partial charge in [-0.15, -0.1) is 0 Å². The molecule has 2 aromatic rings. The maximum absolute atomic E-state index is 12.9. The van der Waals surface area contributed by atoms with Crippen LogP contribution in [0.3, 0.4) is 0 Å². The summed E-state index contributed by atoms with van der Waals surface area (Å²) in [5, 5.41) is 4.36. The number of carbonyl (C=O) groups is 2. The molecule has 0 bridgehead atoms. The van der Waals surface area contributed by atoms with Gasteiger partial charge in [-0.2, -0.15) is 23.2 Å².